The topological polar surface area (TPSA) is 107 Å². The third-order valence-corrected chi connectivity index (χ3v) is 5.29. The normalized spacial score (nSPS) is 13.0. The number of nitrogens with one attached hydrogen (secondary N) is 1. The third-order valence-electron chi connectivity index (χ3n) is 5.29. The number of hydrogen-bond acceptors (Lipinski definition) is 6. The van der Waals surface area contributed by atoms with Crippen molar-refractivity contribution >= 4 is 34.3 Å². The molecule has 8 heteroatoms. The molecule has 1 N–H and O–H groups in total. The van der Waals surface area contributed by atoms with Gasteiger partial charge < -0.3 is 10.1 Å². The van der Waals surface area contributed by atoms with Crippen molar-refractivity contribution in [3.63, 3.8) is 0 Å². The predicted octanol–water partition coefficient (Wildman–Crippen LogP) is 3.05. The molecule has 1 amide bonds. The number of esters is 1. The fourth-order valence-corrected chi connectivity index (χ4v) is 3.60. The van der Waals surface area contributed by atoms with Crippen LogP contribution in [0.25, 0.3) is 10.9 Å². The summed E-state index contributed by atoms with van der Waals surface area (Å²) < 4.78 is 6.76. The largest absolute Gasteiger partial charge is 0.456 e. The molecule has 0 atom stereocenters. The van der Waals surface area contributed by atoms with Gasteiger partial charge in [0.25, 0.3) is 11.5 Å². The van der Waals surface area contributed by atoms with Gasteiger partial charge in [-0.2, -0.15) is 0 Å². The Morgan fingerprint density at radius 1 is 1.09 bits per heavy atom. The van der Waals surface area contributed by atoms with Gasteiger partial charge in [-0.05, 0) is 44.0 Å². The molecule has 1 aliphatic carbocycles. The van der Waals surface area contributed by atoms with Crippen LogP contribution in [0.5, 0.6) is 0 Å². The number of ether oxygens (including phenoxy) is 1. The van der Waals surface area contributed by atoms with Crippen LogP contribution in [0.1, 0.15) is 48.4 Å². The Hall–Kier alpha value is -3.81. The van der Waals surface area contributed by atoms with E-state index in [1.165, 1.54) is 6.92 Å². The number of carbonyl (C=O) groups is 3. The number of ketones is 1. The lowest BCUT2D eigenvalue weighted by Gasteiger charge is -2.13. The van der Waals surface area contributed by atoms with Gasteiger partial charge in [0.05, 0.1) is 23.0 Å². The van der Waals surface area contributed by atoms with Crippen molar-refractivity contribution in [2.75, 3.05) is 11.9 Å². The zero-order valence-corrected chi connectivity index (χ0v) is 17.7. The number of amides is 1. The molecule has 2 aromatic carbocycles. The minimum absolute atomic E-state index is 0.00515. The van der Waals surface area contributed by atoms with Crippen molar-refractivity contribution in [2.45, 2.75) is 38.6 Å². The number of aromatic nitrogens is 2. The molecule has 4 rings (SSSR count). The Bertz CT molecular complexity index is 1260. The summed E-state index contributed by atoms with van der Waals surface area (Å²) in [4.78, 5) is 53.5. The predicted molar refractivity (Wildman–Crippen MR) is 119 cm³/mol. The van der Waals surface area contributed by atoms with Gasteiger partial charge in [-0.15, -0.1) is 0 Å². The Labute approximate surface area is 184 Å². The molecule has 0 radical (unpaired) electrons. The van der Waals surface area contributed by atoms with E-state index in [1.54, 1.807) is 47.0 Å². The standard InChI is InChI=1S/C24H23N3O5/c1-15(28)17-6-2-4-8-19(17)26-22(29)14-32-23(30)13-12-21-25-20-9-5-3-7-18(20)24(31)27(21)16-10-11-16/h2-9,16H,10-14H2,1H3,(H,26,29). The summed E-state index contributed by atoms with van der Waals surface area (Å²) in [6.07, 6.45) is 2.07. The fourth-order valence-electron chi connectivity index (χ4n) is 3.60. The first-order valence-corrected chi connectivity index (χ1v) is 10.5. The number of Topliss-reactive ketones (excluding diaryl/α,β-unsaturated/α-hetero) is 1. The summed E-state index contributed by atoms with van der Waals surface area (Å²) in [5.41, 5.74) is 1.26. The molecule has 1 aliphatic rings. The van der Waals surface area contributed by atoms with Gasteiger partial charge >= 0.3 is 5.97 Å². The number of nitrogens with zero attached hydrogens (tertiary/aromatic N) is 2. The molecular weight excluding hydrogens is 410 g/mol. The quantitative estimate of drug-likeness (QED) is 0.432. The highest BCUT2D eigenvalue weighted by molar-refractivity contribution is 6.04. The van der Waals surface area contributed by atoms with Crippen LogP contribution in [-0.4, -0.2) is 33.8 Å². The first-order chi connectivity index (χ1) is 15.4. The van der Waals surface area contributed by atoms with E-state index in [0.29, 0.717) is 28.0 Å². The number of carbonyl (C=O) groups excluding carboxylic acids is 3. The molecule has 1 saturated carbocycles. The van der Waals surface area contributed by atoms with E-state index in [9.17, 15) is 19.2 Å². The Kier molecular flexibility index (Phi) is 6.11. The van der Waals surface area contributed by atoms with Gasteiger partial charge in [0, 0.05) is 18.0 Å². The summed E-state index contributed by atoms with van der Waals surface area (Å²) in [6.45, 7) is 0.943. The van der Waals surface area contributed by atoms with E-state index in [0.717, 1.165) is 12.8 Å². The molecule has 1 aromatic heterocycles. The SMILES string of the molecule is CC(=O)c1ccccc1NC(=O)COC(=O)CCc1nc2ccccc2c(=O)n1C1CC1. The lowest BCUT2D eigenvalue weighted by Crippen LogP contribution is -2.26. The van der Waals surface area contributed by atoms with E-state index in [4.69, 9.17) is 4.74 Å². The Balaban J connectivity index is 1.37. The van der Waals surface area contributed by atoms with Crippen molar-refractivity contribution < 1.29 is 19.1 Å². The van der Waals surface area contributed by atoms with E-state index >= 15 is 0 Å². The smallest absolute Gasteiger partial charge is 0.306 e. The van der Waals surface area contributed by atoms with Crippen LogP contribution in [0.2, 0.25) is 0 Å². The molecule has 1 fully saturated rings. The van der Waals surface area contributed by atoms with Crippen LogP contribution in [-0.2, 0) is 20.7 Å². The Morgan fingerprint density at radius 2 is 1.81 bits per heavy atom. The van der Waals surface area contributed by atoms with Crippen LogP contribution in [0.15, 0.2) is 53.3 Å². The van der Waals surface area contributed by atoms with E-state index in [2.05, 4.69) is 10.3 Å². The van der Waals surface area contributed by atoms with Gasteiger partial charge in [-0.1, -0.05) is 24.3 Å². The van der Waals surface area contributed by atoms with Gasteiger partial charge in [0.2, 0.25) is 0 Å². The van der Waals surface area contributed by atoms with E-state index in [-0.39, 0.29) is 30.2 Å². The molecule has 8 nitrogen and oxygen atoms in total. The number of fused-ring (bicyclic) bond motifs is 1. The van der Waals surface area contributed by atoms with Crippen molar-refractivity contribution in [3.8, 4) is 0 Å². The summed E-state index contributed by atoms with van der Waals surface area (Å²) in [5, 5.41) is 3.15. The van der Waals surface area contributed by atoms with Crippen molar-refractivity contribution in [1.29, 1.82) is 0 Å². The summed E-state index contributed by atoms with van der Waals surface area (Å²) in [7, 11) is 0. The van der Waals surface area contributed by atoms with Crippen molar-refractivity contribution in [2.24, 2.45) is 0 Å². The van der Waals surface area contributed by atoms with Crippen LogP contribution >= 0.6 is 0 Å². The first kappa shape index (κ1) is 21.4. The number of aryl methyl sites for hydroxylation is 1. The average molecular weight is 433 g/mol. The maximum Gasteiger partial charge on any atom is 0.306 e. The van der Waals surface area contributed by atoms with Crippen molar-refractivity contribution in [3.05, 3.63) is 70.3 Å². The van der Waals surface area contributed by atoms with Crippen molar-refractivity contribution in [1.82, 2.24) is 9.55 Å². The molecule has 164 valence electrons. The summed E-state index contributed by atoms with van der Waals surface area (Å²) in [6, 6.07) is 13.9. The average Bonchev–Trinajstić information content (AvgIpc) is 3.61. The maximum atomic E-state index is 12.9. The zero-order chi connectivity index (χ0) is 22.7. The van der Waals surface area contributed by atoms with Crippen LogP contribution < -0.4 is 10.9 Å². The van der Waals surface area contributed by atoms with Crippen LogP contribution in [0, 0.1) is 0 Å². The number of hydrogen-bond donors (Lipinski definition) is 1. The maximum absolute atomic E-state index is 12.9. The second-order valence-electron chi connectivity index (χ2n) is 7.76. The molecule has 0 saturated heterocycles. The van der Waals surface area contributed by atoms with E-state index in [1.807, 2.05) is 6.07 Å². The number of para-hydroxylation sites is 2. The highest BCUT2D eigenvalue weighted by atomic mass is 16.5. The number of rotatable bonds is 8. The second-order valence-corrected chi connectivity index (χ2v) is 7.76. The van der Waals surface area contributed by atoms with Crippen LogP contribution in [0.3, 0.4) is 0 Å². The molecule has 0 bridgehead atoms. The molecule has 32 heavy (non-hydrogen) atoms. The fraction of sp³-hybridized carbons (Fsp3) is 0.292. The monoisotopic (exact) mass is 433 g/mol. The number of anilines is 1. The molecule has 0 aliphatic heterocycles. The summed E-state index contributed by atoms with van der Waals surface area (Å²) in [5.74, 6) is -0.731. The lowest BCUT2D eigenvalue weighted by atomic mass is 10.1. The minimum atomic E-state index is -0.565. The Morgan fingerprint density at radius 3 is 2.56 bits per heavy atom. The first-order valence-electron chi connectivity index (χ1n) is 10.5. The zero-order valence-electron chi connectivity index (χ0n) is 17.7. The van der Waals surface area contributed by atoms with E-state index < -0.39 is 18.5 Å². The summed E-state index contributed by atoms with van der Waals surface area (Å²) >= 11 is 0. The molecule has 0 spiro atoms. The van der Waals surface area contributed by atoms with Gasteiger partial charge in [-0.3, -0.25) is 23.7 Å². The third kappa shape index (κ3) is 4.74. The highest BCUT2D eigenvalue weighted by Gasteiger charge is 2.28. The lowest BCUT2D eigenvalue weighted by molar-refractivity contribution is -0.147. The minimum Gasteiger partial charge on any atom is -0.456 e. The van der Waals surface area contributed by atoms with Gasteiger partial charge in [0.15, 0.2) is 12.4 Å². The second kappa shape index (κ2) is 9.13. The van der Waals surface area contributed by atoms with Gasteiger partial charge in [0.1, 0.15) is 5.82 Å². The number of benzene rings is 2. The molecule has 3 aromatic rings. The molecule has 0 unspecified atom stereocenters. The highest BCUT2D eigenvalue weighted by Crippen LogP contribution is 2.34. The van der Waals surface area contributed by atoms with Gasteiger partial charge in [-0.25, -0.2) is 4.98 Å². The molecular formula is C24H23N3O5. The molecule has 1 heterocycles. The van der Waals surface area contributed by atoms with Crippen LogP contribution in [0.4, 0.5) is 5.69 Å².